The summed E-state index contributed by atoms with van der Waals surface area (Å²) in [5.41, 5.74) is 0. The van der Waals surface area contributed by atoms with Gasteiger partial charge in [0.2, 0.25) is 15.9 Å². The highest BCUT2D eigenvalue weighted by Crippen LogP contribution is 2.19. The Hall–Kier alpha value is -0.660. The number of aliphatic imine (C=N–C) groups is 1. The number of amides is 1. The first-order valence-corrected chi connectivity index (χ1v) is 12.1. The summed E-state index contributed by atoms with van der Waals surface area (Å²) in [6, 6.07) is 0.418. The number of piperazine rings is 1. The molecule has 2 aliphatic heterocycles. The minimum absolute atomic E-state index is 0. The van der Waals surface area contributed by atoms with E-state index in [0.717, 1.165) is 64.4 Å². The van der Waals surface area contributed by atoms with Gasteiger partial charge in [-0.1, -0.05) is 0 Å². The van der Waals surface area contributed by atoms with Crippen LogP contribution in [0.2, 0.25) is 0 Å². The number of sulfonamides is 1. The molecule has 3 aliphatic rings. The molecule has 11 heteroatoms. The van der Waals surface area contributed by atoms with Gasteiger partial charge in [-0.05, 0) is 31.6 Å². The third kappa shape index (κ3) is 7.83. The van der Waals surface area contributed by atoms with E-state index >= 15 is 0 Å². The van der Waals surface area contributed by atoms with Crippen molar-refractivity contribution in [1.82, 2.24) is 24.7 Å². The van der Waals surface area contributed by atoms with Crippen LogP contribution < -0.4 is 10.6 Å². The van der Waals surface area contributed by atoms with Gasteiger partial charge in [0.25, 0.3) is 0 Å². The van der Waals surface area contributed by atoms with Crippen LogP contribution in [0.1, 0.15) is 25.7 Å². The zero-order valence-corrected chi connectivity index (χ0v) is 20.6. The van der Waals surface area contributed by atoms with Crippen molar-refractivity contribution in [2.75, 3.05) is 65.7 Å². The fourth-order valence-corrected chi connectivity index (χ4v) is 4.71. The Labute approximate surface area is 191 Å². The van der Waals surface area contributed by atoms with Gasteiger partial charge in [0, 0.05) is 58.9 Å². The number of carbonyl (C=O) groups is 1. The monoisotopic (exact) mass is 542 g/mol. The maximum atomic E-state index is 12.0. The van der Waals surface area contributed by atoms with Gasteiger partial charge in [-0.25, -0.2) is 12.7 Å². The average molecular weight is 542 g/mol. The van der Waals surface area contributed by atoms with Gasteiger partial charge in [-0.3, -0.25) is 14.7 Å². The van der Waals surface area contributed by atoms with Crippen molar-refractivity contribution in [1.29, 1.82) is 0 Å². The van der Waals surface area contributed by atoms with Gasteiger partial charge in [0.15, 0.2) is 5.96 Å². The number of hydrogen-bond acceptors (Lipinski definition) is 5. The second-order valence-corrected chi connectivity index (χ2v) is 10.1. The lowest BCUT2D eigenvalue weighted by molar-refractivity contribution is -0.122. The topological polar surface area (TPSA) is 97.3 Å². The van der Waals surface area contributed by atoms with Crippen molar-refractivity contribution in [2.24, 2.45) is 10.9 Å². The van der Waals surface area contributed by atoms with Gasteiger partial charge in [-0.2, -0.15) is 0 Å². The van der Waals surface area contributed by atoms with Crippen LogP contribution in [0.25, 0.3) is 0 Å². The van der Waals surface area contributed by atoms with Crippen LogP contribution in [0, 0.1) is 5.92 Å². The molecule has 168 valence electrons. The Kier molecular flexibility index (Phi) is 9.42. The molecule has 3 rings (SSSR count). The summed E-state index contributed by atoms with van der Waals surface area (Å²) in [6.45, 7) is 5.91. The third-order valence-electron chi connectivity index (χ3n) is 5.78. The Morgan fingerprint density at radius 1 is 1.03 bits per heavy atom. The van der Waals surface area contributed by atoms with E-state index in [9.17, 15) is 13.2 Å². The largest absolute Gasteiger partial charge is 0.356 e. The second kappa shape index (κ2) is 11.1. The zero-order valence-electron chi connectivity index (χ0n) is 17.5. The maximum Gasteiger partial charge on any atom is 0.234 e. The number of piperidine rings is 1. The average Bonchev–Trinajstić information content (AvgIpc) is 3.47. The van der Waals surface area contributed by atoms with Crippen LogP contribution in [0.4, 0.5) is 0 Å². The molecule has 9 nitrogen and oxygen atoms in total. The molecule has 2 heterocycles. The number of nitrogens with zero attached hydrogens (tertiary/aromatic N) is 4. The first kappa shape index (κ1) is 24.6. The molecule has 2 N–H and O–H groups in total. The summed E-state index contributed by atoms with van der Waals surface area (Å²) >= 11 is 0. The molecule has 0 spiro atoms. The molecule has 0 aromatic rings. The summed E-state index contributed by atoms with van der Waals surface area (Å²) < 4.78 is 24.8. The number of nitrogens with one attached hydrogen (secondary N) is 2. The number of guanidine groups is 1. The lowest BCUT2D eigenvalue weighted by atomic mass is 9.98. The van der Waals surface area contributed by atoms with Crippen molar-refractivity contribution in [3.05, 3.63) is 0 Å². The fraction of sp³-hybridized carbons (Fsp3) is 0.889. The first-order chi connectivity index (χ1) is 13.3. The standard InChI is InChI=1S/C18H34N6O3S.HI/c1-19-18(20-13-15-5-7-24(8-6-15)28(2,26)27)23-11-9-22(10-12-23)14-17(25)21-16-3-4-16;/h15-16H,3-14H2,1-2H3,(H,19,20)(H,21,25);1H. The predicted molar refractivity (Wildman–Crippen MR) is 125 cm³/mol. The van der Waals surface area contributed by atoms with E-state index in [1.807, 2.05) is 0 Å². The zero-order chi connectivity index (χ0) is 20.1. The third-order valence-corrected chi connectivity index (χ3v) is 7.09. The minimum atomic E-state index is -3.07. The van der Waals surface area contributed by atoms with Gasteiger partial charge in [0.1, 0.15) is 0 Å². The Morgan fingerprint density at radius 3 is 2.17 bits per heavy atom. The molecule has 3 fully saturated rings. The maximum absolute atomic E-state index is 12.0. The molecule has 1 saturated carbocycles. The minimum Gasteiger partial charge on any atom is -0.356 e. The molecule has 0 radical (unpaired) electrons. The van der Waals surface area contributed by atoms with E-state index in [-0.39, 0.29) is 29.9 Å². The smallest absolute Gasteiger partial charge is 0.234 e. The van der Waals surface area contributed by atoms with Crippen molar-refractivity contribution >= 4 is 45.9 Å². The van der Waals surface area contributed by atoms with Crippen LogP contribution >= 0.6 is 24.0 Å². The lowest BCUT2D eigenvalue weighted by Crippen LogP contribution is -2.54. The molecule has 1 amide bonds. The summed E-state index contributed by atoms with van der Waals surface area (Å²) in [4.78, 5) is 20.8. The van der Waals surface area contributed by atoms with Gasteiger partial charge < -0.3 is 15.5 Å². The highest BCUT2D eigenvalue weighted by atomic mass is 127. The predicted octanol–water partition coefficient (Wildman–Crippen LogP) is -0.252. The number of halogens is 1. The highest BCUT2D eigenvalue weighted by Gasteiger charge is 2.27. The van der Waals surface area contributed by atoms with E-state index in [1.54, 1.807) is 11.4 Å². The van der Waals surface area contributed by atoms with Crippen molar-refractivity contribution in [3.8, 4) is 0 Å². The number of carbonyl (C=O) groups excluding carboxylic acids is 1. The first-order valence-electron chi connectivity index (χ1n) is 10.3. The van der Waals surface area contributed by atoms with E-state index in [2.05, 4.69) is 25.4 Å². The van der Waals surface area contributed by atoms with Gasteiger partial charge in [0.05, 0.1) is 12.8 Å². The van der Waals surface area contributed by atoms with Crippen LogP contribution in [0.5, 0.6) is 0 Å². The van der Waals surface area contributed by atoms with Crippen LogP contribution in [0.15, 0.2) is 4.99 Å². The van der Waals surface area contributed by atoms with Crippen molar-refractivity contribution in [2.45, 2.75) is 31.7 Å². The van der Waals surface area contributed by atoms with Crippen molar-refractivity contribution < 1.29 is 13.2 Å². The molecule has 0 unspecified atom stereocenters. The molecule has 0 bridgehead atoms. The lowest BCUT2D eigenvalue weighted by Gasteiger charge is -2.37. The summed E-state index contributed by atoms with van der Waals surface area (Å²) in [6.07, 6.45) is 5.27. The molecule has 1 aliphatic carbocycles. The number of hydrogen-bond donors (Lipinski definition) is 2. The number of rotatable bonds is 6. The van der Waals surface area contributed by atoms with Gasteiger partial charge >= 0.3 is 0 Å². The SMILES string of the molecule is CN=C(NCC1CCN(S(C)(=O)=O)CC1)N1CCN(CC(=O)NC2CC2)CC1.I. The molecule has 0 atom stereocenters. The molecular formula is C18H35IN6O3S. The molecule has 29 heavy (non-hydrogen) atoms. The van der Waals surface area contributed by atoms with Crippen LogP contribution in [-0.2, 0) is 14.8 Å². The van der Waals surface area contributed by atoms with E-state index in [0.29, 0.717) is 31.6 Å². The molecule has 2 saturated heterocycles. The fourth-order valence-electron chi connectivity index (χ4n) is 3.83. The summed E-state index contributed by atoms with van der Waals surface area (Å²) in [7, 11) is -1.28. The van der Waals surface area contributed by atoms with E-state index in [4.69, 9.17) is 0 Å². The van der Waals surface area contributed by atoms with Crippen LogP contribution in [0.3, 0.4) is 0 Å². The molecule has 0 aromatic heterocycles. The normalized spacial score (nSPS) is 22.8. The van der Waals surface area contributed by atoms with Gasteiger partial charge in [-0.15, -0.1) is 24.0 Å². The van der Waals surface area contributed by atoms with E-state index in [1.165, 1.54) is 6.26 Å². The quantitative estimate of drug-likeness (QED) is 0.273. The summed E-state index contributed by atoms with van der Waals surface area (Å²) in [5, 5.41) is 6.51. The van der Waals surface area contributed by atoms with Crippen molar-refractivity contribution in [3.63, 3.8) is 0 Å². The Balaban J connectivity index is 0.00000300. The summed E-state index contributed by atoms with van der Waals surface area (Å²) in [5.74, 6) is 1.49. The Bertz CT molecular complexity index is 669. The second-order valence-electron chi connectivity index (χ2n) is 8.14. The highest BCUT2D eigenvalue weighted by molar-refractivity contribution is 14.0. The Morgan fingerprint density at radius 2 is 1.66 bits per heavy atom. The molecule has 0 aromatic carbocycles. The molecular weight excluding hydrogens is 507 g/mol. The van der Waals surface area contributed by atoms with E-state index < -0.39 is 10.0 Å². The van der Waals surface area contributed by atoms with Crippen LogP contribution in [-0.4, -0.2) is 106 Å².